The third-order valence-corrected chi connectivity index (χ3v) is 1.86. The molecule has 0 aromatic heterocycles. The van der Waals surface area contributed by atoms with Gasteiger partial charge in [-0.15, -0.1) is 0 Å². The van der Waals surface area contributed by atoms with E-state index in [9.17, 15) is 4.79 Å². The van der Waals surface area contributed by atoms with E-state index in [1.807, 2.05) is 42.5 Å². The fraction of sp³-hybridized carbons (Fsp3) is 0.154. The van der Waals surface area contributed by atoms with Crippen LogP contribution in [0.5, 0.6) is 0 Å². The maximum absolute atomic E-state index is 10.6. The van der Waals surface area contributed by atoms with Crippen LogP contribution in [-0.2, 0) is 9.53 Å². The molecule has 1 aromatic rings. The summed E-state index contributed by atoms with van der Waals surface area (Å²) in [7, 11) is 1.57. The molecule has 0 heterocycles. The van der Waals surface area contributed by atoms with Gasteiger partial charge in [0.15, 0.2) is 0 Å². The van der Waals surface area contributed by atoms with Crippen LogP contribution in [0.3, 0.4) is 0 Å². The van der Waals surface area contributed by atoms with Crippen LogP contribution in [0.4, 0.5) is 0 Å². The summed E-state index contributed by atoms with van der Waals surface area (Å²) in [6, 6.07) is 9.91. The molecule has 0 bridgehead atoms. The molecule has 0 aliphatic carbocycles. The first-order chi connectivity index (χ1) is 7.36. The van der Waals surface area contributed by atoms with Crippen molar-refractivity contribution >= 4 is 12.4 Å². The minimum absolute atomic E-state index is 0.350. The van der Waals surface area contributed by atoms with E-state index in [-0.39, 0.29) is 0 Å². The monoisotopic (exact) mass is 202 g/mol. The van der Waals surface area contributed by atoms with E-state index in [1.54, 1.807) is 13.2 Å². The van der Waals surface area contributed by atoms with Crippen LogP contribution >= 0.6 is 0 Å². The quantitative estimate of drug-likeness (QED) is 0.416. The Kier molecular flexibility index (Phi) is 5.12. The topological polar surface area (TPSA) is 26.3 Å². The summed E-state index contributed by atoms with van der Waals surface area (Å²) in [5.41, 5.74) is 1.74. The van der Waals surface area contributed by atoms with Gasteiger partial charge in [0.1, 0.15) is 6.29 Å². The van der Waals surface area contributed by atoms with Crippen molar-refractivity contribution in [2.45, 2.75) is 0 Å². The summed E-state index contributed by atoms with van der Waals surface area (Å²) in [6.07, 6.45) is 6.35. The molecule has 0 saturated heterocycles. The van der Waals surface area contributed by atoms with Crippen LogP contribution in [0.15, 0.2) is 48.1 Å². The van der Waals surface area contributed by atoms with E-state index in [0.717, 1.165) is 11.8 Å². The first-order valence-corrected chi connectivity index (χ1v) is 4.73. The molecule has 0 aliphatic rings. The van der Waals surface area contributed by atoms with E-state index >= 15 is 0 Å². The Hall–Kier alpha value is -1.67. The zero-order chi connectivity index (χ0) is 10.9. The second kappa shape index (κ2) is 6.74. The van der Waals surface area contributed by atoms with Crippen molar-refractivity contribution in [2.75, 3.05) is 13.7 Å². The van der Waals surface area contributed by atoms with Crippen molar-refractivity contribution in [2.24, 2.45) is 0 Å². The number of rotatable bonds is 5. The summed E-state index contributed by atoms with van der Waals surface area (Å²) in [5, 5.41) is 0. The molecule has 0 saturated carbocycles. The van der Waals surface area contributed by atoms with Crippen LogP contribution in [-0.4, -0.2) is 20.0 Å². The minimum Gasteiger partial charge on any atom is -0.380 e. The molecule has 2 heteroatoms. The van der Waals surface area contributed by atoms with Crippen molar-refractivity contribution in [3.05, 3.63) is 53.6 Å². The molecule has 0 amide bonds. The third kappa shape index (κ3) is 4.38. The van der Waals surface area contributed by atoms with E-state index in [0.29, 0.717) is 12.2 Å². The third-order valence-electron chi connectivity index (χ3n) is 1.86. The maximum atomic E-state index is 10.6. The highest BCUT2D eigenvalue weighted by atomic mass is 16.5. The zero-order valence-electron chi connectivity index (χ0n) is 8.72. The number of hydrogen-bond donors (Lipinski definition) is 0. The number of carbonyl (C=O) groups is 1. The van der Waals surface area contributed by atoms with Crippen LogP contribution in [0.1, 0.15) is 5.56 Å². The lowest BCUT2D eigenvalue weighted by Crippen LogP contribution is -1.94. The molecule has 15 heavy (non-hydrogen) atoms. The number of benzene rings is 1. The van der Waals surface area contributed by atoms with E-state index in [1.165, 1.54) is 0 Å². The van der Waals surface area contributed by atoms with E-state index < -0.39 is 0 Å². The van der Waals surface area contributed by atoms with Gasteiger partial charge in [-0.1, -0.05) is 48.6 Å². The smallest absolute Gasteiger partial charge is 0.148 e. The van der Waals surface area contributed by atoms with Gasteiger partial charge in [-0.05, 0) is 5.56 Å². The molecule has 0 atom stereocenters. The first kappa shape index (κ1) is 11.4. The highest BCUT2D eigenvalue weighted by molar-refractivity contribution is 5.74. The minimum atomic E-state index is 0.350. The number of aldehydes is 1. The molecule has 0 unspecified atom stereocenters. The Labute approximate surface area is 89.9 Å². The number of methoxy groups -OCH3 is 1. The summed E-state index contributed by atoms with van der Waals surface area (Å²) in [5.74, 6) is 0. The molecule has 0 fully saturated rings. The molecule has 78 valence electrons. The Bertz CT molecular complexity index is 350. The lowest BCUT2D eigenvalue weighted by Gasteiger charge is -1.94. The van der Waals surface area contributed by atoms with Gasteiger partial charge in [-0.25, -0.2) is 0 Å². The second-order valence-electron chi connectivity index (χ2n) is 3.06. The fourth-order valence-corrected chi connectivity index (χ4v) is 1.14. The average molecular weight is 202 g/mol. The molecule has 0 radical (unpaired) electrons. The Morgan fingerprint density at radius 2 is 2.07 bits per heavy atom. The highest BCUT2D eigenvalue weighted by Gasteiger charge is 1.90. The number of carbonyl (C=O) groups excluding carboxylic acids is 1. The van der Waals surface area contributed by atoms with Crippen molar-refractivity contribution in [3.8, 4) is 0 Å². The molecule has 0 N–H and O–H groups in total. The van der Waals surface area contributed by atoms with Gasteiger partial charge in [0, 0.05) is 12.7 Å². The lowest BCUT2D eigenvalue weighted by molar-refractivity contribution is -0.105. The lowest BCUT2D eigenvalue weighted by atomic mass is 10.2. The van der Waals surface area contributed by atoms with Gasteiger partial charge in [-0.2, -0.15) is 0 Å². The molecule has 2 nitrogen and oxygen atoms in total. The normalized spacial score (nSPS) is 11.9. The molecular weight excluding hydrogens is 188 g/mol. The SMILES string of the molecule is COC/C(C=O)=C\C=C\c1ccccc1. The van der Waals surface area contributed by atoms with Gasteiger partial charge in [0.2, 0.25) is 0 Å². The van der Waals surface area contributed by atoms with Crippen LogP contribution in [0, 0.1) is 0 Å². The predicted molar refractivity (Wildman–Crippen MR) is 61.5 cm³/mol. The van der Waals surface area contributed by atoms with Crippen molar-refractivity contribution in [3.63, 3.8) is 0 Å². The zero-order valence-corrected chi connectivity index (χ0v) is 8.72. The van der Waals surface area contributed by atoms with E-state index in [4.69, 9.17) is 4.74 Å². The van der Waals surface area contributed by atoms with E-state index in [2.05, 4.69) is 0 Å². The summed E-state index contributed by atoms with van der Waals surface area (Å²) in [4.78, 5) is 10.6. The fourth-order valence-electron chi connectivity index (χ4n) is 1.14. The Morgan fingerprint density at radius 1 is 1.33 bits per heavy atom. The predicted octanol–water partition coefficient (Wildman–Crippen LogP) is 2.47. The summed E-state index contributed by atoms with van der Waals surface area (Å²) in [6.45, 7) is 0.350. The molecule has 1 rings (SSSR count). The van der Waals surface area contributed by atoms with Gasteiger partial charge in [0.05, 0.1) is 6.61 Å². The van der Waals surface area contributed by atoms with Crippen LogP contribution in [0.25, 0.3) is 6.08 Å². The Morgan fingerprint density at radius 3 is 2.67 bits per heavy atom. The van der Waals surface area contributed by atoms with Crippen molar-refractivity contribution in [1.82, 2.24) is 0 Å². The number of allylic oxidation sites excluding steroid dienone is 2. The van der Waals surface area contributed by atoms with Gasteiger partial charge in [0.25, 0.3) is 0 Å². The summed E-state index contributed by atoms with van der Waals surface area (Å²) >= 11 is 0. The summed E-state index contributed by atoms with van der Waals surface area (Å²) < 4.78 is 4.86. The number of hydrogen-bond acceptors (Lipinski definition) is 2. The van der Waals surface area contributed by atoms with Crippen LogP contribution < -0.4 is 0 Å². The van der Waals surface area contributed by atoms with Gasteiger partial charge in [-0.3, -0.25) is 4.79 Å². The average Bonchev–Trinajstić information content (AvgIpc) is 2.29. The maximum Gasteiger partial charge on any atom is 0.148 e. The second-order valence-corrected chi connectivity index (χ2v) is 3.06. The Balaban J connectivity index is 2.62. The van der Waals surface area contributed by atoms with Crippen LogP contribution in [0.2, 0.25) is 0 Å². The van der Waals surface area contributed by atoms with Gasteiger partial charge >= 0.3 is 0 Å². The largest absolute Gasteiger partial charge is 0.380 e. The first-order valence-electron chi connectivity index (χ1n) is 4.73. The standard InChI is InChI=1S/C13H14O2/c1-15-11-13(10-14)9-5-8-12-6-3-2-4-7-12/h2-10H,11H2,1H3/b8-5+,13-9-. The molecular formula is C13H14O2. The van der Waals surface area contributed by atoms with Crippen molar-refractivity contribution in [1.29, 1.82) is 0 Å². The highest BCUT2D eigenvalue weighted by Crippen LogP contribution is 2.01. The number of ether oxygens (including phenoxy) is 1. The van der Waals surface area contributed by atoms with Crippen molar-refractivity contribution < 1.29 is 9.53 Å². The molecule has 1 aromatic carbocycles. The molecule has 0 spiro atoms. The molecule has 0 aliphatic heterocycles. The van der Waals surface area contributed by atoms with Gasteiger partial charge < -0.3 is 4.74 Å².